The van der Waals surface area contributed by atoms with E-state index in [-0.39, 0.29) is 19.7 Å². The number of pyridine rings is 1. The second-order valence-electron chi connectivity index (χ2n) is 7.52. The Morgan fingerprint density at radius 2 is 1.97 bits per heavy atom. The molecule has 3 aromatic heterocycles. The Bertz CT molecular complexity index is 1430. The van der Waals surface area contributed by atoms with Gasteiger partial charge in [-0.1, -0.05) is 19.1 Å². The Morgan fingerprint density at radius 3 is 2.62 bits per heavy atom. The number of anilines is 1. The highest BCUT2D eigenvalue weighted by atomic mass is 32.2. The van der Waals surface area contributed by atoms with E-state index in [1.807, 2.05) is 19.9 Å². The van der Waals surface area contributed by atoms with Crippen molar-refractivity contribution in [2.45, 2.75) is 38.8 Å². The number of esters is 1. The number of benzene rings is 1. The number of sulfone groups is 1. The molecule has 4 rings (SSSR count). The van der Waals surface area contributed by atoms with E-state index in [1.54, 1.807) is 35.9 Å². The number of aryl methyl sites for hydroxylation is 2. The molecular formula is C22H26N4O4S2. The van der Waals surface area contributed by atoms with E-state index in [9.17, 15) is 13.2 Å². The molecule has 0 aliphatic heterocycles. The number of carbonyl (C=O) groups is 1. The molecule has 0 saturated heterocycles. The molecule has 32 heavy (non-hydrogen) atoms. The second kappa shape index (κ2) is 8.51. The highest BCUT2D eigenvalue weighted by Gasteiger charge is 2.21. The van der Waals surface area contributed by atoms with Crippen LogP contribution < -0.4 is 5.32 Å². The lowest BCUT2D eigenvalue weighted by molar-refractivity contribution is -0.141. The first-order chi connectivity index (χ1) is 15.2. The van der Waals surface area contributed by atoms with Crippen LogP contribution in [0.15, 0.2) is 35.2 Å². The molecule has 0 aliphatic carbocycles. The predicted octanol–water partition coefficient (Wildman–Crippen LogP) is 4.09. The maximum Gasteiger partial charge on any atom is 0.327 e. The molecule has 3 heterocycles. The lowest BCUT2D eigenvalue weighted by Gasteiger charge is -2.06. The van der Waals surface area contributed by atoms with Crippen LogP contribution >= 0.6 is 11.3 Å². The topological polar surface area (TPSA) is 103 Å². The van der Waals surface area contributed by atoms with Gasteiger partial charge in [-0.15, -0.1) is 11.3 Å². The Balaban J connectivity index is 0.00000306. The number of fused-ring (bicyclic) bond motifs is 3. The standard InChI is InChI=1S/C22H24N4O4S2.H2/c1-5-32(28,29)16-8-6-15(7-9-16)11-23-21-20-19(26(25-21)12-17(27)30-4)18-13(2)10-14(3)24-22(18)31-20;/h6-10H,5,11-12H2,1-4H3,(H,23,25);1H. The smallest absolute Gasteiger partial charge is 0.327 e. The van der Waals surface area contributed by atoms with Crippen molar-refractivity contribution in [3.63, 3.8) is 0 Å². The molecule has 0 saturated carbocycles. The van der Waals surface area contributed by atoms with Gasteiger partial charge in [-0.05, 0) is 43.2 Å². The van der Waals surface area contributed by atoms with E-state index in [0.29, 0.717) is 17.3 Å². The molecule has 170 valence electrons. The number of nitrogens with zero attached hydrogens (tertiary/aromatic N) is 3. The molecule has 0 unspecified atom stereocenters. The third-order valence-corrected chi connectivity index (χ3v) is 8.12. The van der Waals surface area contributed by atoms with Crippen LogP contribution in [0.5, 0.6) is 0 Å². The lowest BCUT2D eigenvalue weighted by Crippen LogP contribution is -2.13. The van der Waals surface area contributed by atoms with Crippen molar-refractivity contribution in [1.82, 2.24) is 14.8 Å². The van der Waals surface area contributed by atoms with E-state index >= 15 is 0 Å². The van der Waals surface area contributed by atoms with Crippen molar-refractivity contribution in [3.8, 4) is 0 Å². The fourth-order valence-electron chi connectivity index (χ4n) is 3.63. The molecule has 1 aromatic carbocycles. The minimum Gasteiger partial charge on any atom is -0.468 e. The second-order valence-corrected chi connectivity index (χ2v) is 10.8. The largest absolute Gasteiger partial charge is 0.468 e. The van der Waals surface area contributed by atoms with E-state index in [0.717, 1.165) is 37.3 Å². The van der Waals surface area contributed by atoms with Crippen molar-refractivity contribution < 1.29 is 19.4 Å². The molecule has 4 aromatic rings. The number of thiophene rings is 1. The summed E-state index contributed by atoms with van der Waals surface area (Å²) in [6, 6.07) is 8.84. The van der Waals surface area contributed by atoms with Gasteiger partial charge in [0.15, 0.2) is 15.7 Å². The van der Waals surface area contributed by atoms with Gasteiger partial charge < -0.3 is 10.1 Å². The van der Waals surface area contributed by atoms with Gasteiger partial charge in [0.2, 0.25) is 0 Å². The van der Waals surface area contributed by atoms with Crippen molar-refractivity contribution in [2.75, 3.05) is 18.2 Å². The number of carbonyl (C=O) groups excluding carboxylic acids is 1. The minimum absolute atomic E-state index is 0. The van der Waals surface area contributed by atoms with Crippen LogP contribution in [-0.2, 0) is 32.5 Å². The van der Waals surface area contributed by atoms with Crippen LogP contribution in [0.3, 0.4) is 0 Å². The summed E-state index contributed by atoms with van der Waals surface area (Å²) in [4.78, 5) is 17.9. The van der Waals surface area contributed by atoms with Crippen molar-refractivity contribution in [2.24, 2.45) is 0 Å². The SMILES string of the molecule is CCS(=O)(=O)c1ccc(CNc2nn(CC(=O)OC)c3c2sc2nc(C)cc(C)c23)cc1.[HH]. The van der Waals surface area contributed by atoms with Gasteiger partial charge in [-0.25, -0.2) is 18.1 Å². The first-order valence-corrected chi connectivity index (χ1v) is 12.6. The third kappa shape index (κ3) is 4.07. The summed E-state index contributed by atoms with van der Waals surface area (Å²) in [6.07, 6.45) is 0. The Hall–Kier alpha value is -2.98. The molecule has 0 atom stereocenters. The number of ether oxygens (including phenoxy) is 1. The van der Waals surface area contributed by atoms with Gasteiger partial charge in [0.05, 0.1) is 28.0 Å². The average molecular weight is 475 g/mol. The number of nitrogens with one attached hydrogen (secondary N) is 1. The first-order valence-electron chi connectivity index (χ1n) is 10.1. The molecule has 0 fully saturated rings. The summed E-state index contributed by atoms with van der Waals surface area (Å²) >= 11 is 1.53. The van der Waals surface area contributed by atoms with Crippen molar-refractivity contribution >= 4 is 53.4 Å². The number of hydrogen-bond donors (Lipinski definition) is 1. The van der Waals surface area contributed by atoms with Crippen LogP contribution in [-0.4, -0.2) is 42.0 Å². The van der Waals surface area contributed by atoms with Gasteiger partial charge in [-0.2, -0.15) is 5.10 Å². The molecule has 0 amide bonds. The third-order valence-electron chi connectivity index (χ3n) is 5.29. The van der Waals surface area contributed by atoms with Gasteiger partial charge in [-0.3, -0.25) is 4.79 Å². The molecular weight excluding hydrogens is 448 g/mol. The maximum atomic E-state index is 12.0. The maximum absolute atomic E-state index is 12.0. The van der Waals surface area contributed by atoms with Gasteiger partial charge in [0, 0.05) is 19.1 Å². The molecule has 0 radical (unpaired) electrons. The summed E-state index contributed by atoms with van der Waals surface area (Å²) in [5.74, 6) is 0.332. The molecule has 1 N–H and O–H groups in total. The Morgan fingerprint density at radius 1 is 1.25 bits per heavy atom. The quantitative estimate of drug-likeness (QED) is 0.402. The Labute approximate surface area is 191 Å². The minimum atomic E-state index is -3.23. The highest BCUT2D eigenvalue weighted by Crippen LogP contribution is 2.39. The number of aromatic nitrogens is 3. The molecule has 10 heteroatoms. The van der Waals surface area contributed by atoms with Crippen LogP contribution in [0.25, 0.3) is 20.4 Å². The number of rotatable bonds is 7. The zero-order chi connectivity index (χ0) is 23.0. The Kier molecular flexibility index (Phi) is 5.91. The summed E-state index contributed by atoms with van der Waals surface area (Å²) in [6.45, 7) is 6.06. The first kappa shape index (κ1) is 22.2. The van der Waals surface area contributed by atoms with E-state index < -0.39 is 9.84 Å². The zero-order valence-electron chi connectivity index (χ0n) is 18.3. The van der Waals surface area contributed by atoms with E-state index in [4.69, 9.17) is 4.74 Å². The normalized spacial score (nSPS) is 11.9. The van der Waals surface area contributed by atoms with Crippen LogP contribution in [0.1, 0.15) is 25.2 Å². The summed E-state index contributed by atoms with van der Waals surface area (Å²) in [5, 5.41) is 8.94. The number of hydrogen-bond acceptors (Lipinski definition) is 8. The molecule has 0 bridgehead atoms. The van der Waals surface area contributed by atoms with Crippen LogP contribution in [0.2, 0.25) is 0 Å². The summed E-state index contributed by atoms with van der Waals surface area (Å²) < 4.78 is 31.5. The fraction of sp³-hybridized carbons (Fsp3) is 0.318. The molecule has 0 spiro atoms. The summed E-state index contributed by atoms with van der Waals surface area (Å²) in [5.41, 5.74) is 3.78. The summed E-state index contributed by atoms with van der Waals surface area (Å²) in [7, 11) is -1.88. The van der Waals surface area contributed by atoms with E-state index in [1.165, 1.54) is 18.4 Å². The van der Waals surface area contributed by atoms with Gasteiger partial charge >= 0.3 is 5.97 Å². The van der Waals surface area contributed by atoms with Gasteiger partial charge in [0.25, 0.3) is 0 Å². The molecule has 8 nitrogen and oxygen atoms in total. The fourth-order valence-corrected chi connectivity index (χ4v) is 5.77. The zero-order valence-corrected chi connectivity index (χ0v) is 19.9. The van der Waals surface area contributed by atoms with Crippen LogP contribution in [0, 0.1) is 13.8 Å². The van der Waals surface area contributed by atoms with Crippen molar-refractivity contribution in [3.05, 3.63) is 47.2 Å². The van der Waals surface area contributed by atoms with E-state index in [2.05, 4.69) is 15.4 Å². The number of methoxy groups -OCH3 is 1. The average Bonchev–Trinajstić information content (AvgIpc) is 3.29. The van der Waals surface area contributed by atoms with Crippen LogP contribution in [0.4, 0.5) is 5.82 Å². The predicted molar refractivity (Wildman–Crippen MR) is 128 cm³/mol. The lowest BCUT2D eigenvalue weighted by atomic mass is 10.1. The highest BCUT2D eigenvalue weighted by molar-refractivity contribution is 7.91. The van der Waals surface area contributed by atoms with Crippen molar-refractivity contribution in [1.29, 1.82) is 0 Å². The molecule has 0 aliphatic rings. The monoisotopic (exact) mass is 474 g/mol. The van der Waals surface area contributed by atoms with Gasteiger partial charge in [0.1, 0.15) is 11.4 Å².